The number of benzene rings is 3. The summed E-state index contributed by atoms with van der Waals surface area (Å²) in [6.07, 6.45) is 2.56. The largest absolute Gasteiger partial charge is 0.493 e. The lowest BCUT2D eigenvalue weighted by atomic mass is 9.95. The Labute approximate surface area is 278 Å². The number of methoxy groups -OCH3 is 2. The van der Waals surface area contributed by atoms with Crippen molar-refractivity contribution in [2.45, 2.75) is 39.1 Å². The average Bonchev–Trinajstić information content (AvgIpc) is 3.07. The van der Waals surface area contributed by atoms with Crippen LogP contribution in [0.5, 0.6) is 23.0 Å². The molecule has 13 heteroatoms. The average molecular weight is 663 g/mol. The Balaban J connectivity index is 1.42. The van der Waals surface area contributed by atoms with E-state index in [1.807, 2.05) is 6.07 Å². The summed E-state index contributed by atoms with van der Waals surface area (Å²) in [7, 11) is 2.79. The van der Waals surface area contributed by atoms with Crippen LogP contribution in [0.4, 0.5) is 9.18 Å². The standard InChI is InChI=1S/C35H39FN4O8/c1-6-8-25-15-23(16-29(44-4)33(25)48-19-22-9-12-26(36)13-10-22)18-37-40-30(41)20-47-27-14-11-24(17-28(27)46-7-2)32-31(34(42)45-5)21(3)38-35(43)39-32/h6,9-18,30,32,40-41H,1,7-8,19-20H2,2-5H3,(H2,38,39,43)/b37-18-/t30-,32-/m0/s1. The van der Waals surface area contributed by atoms with Crippen LogP contribution in [0.15, 0.2) is 83.6 Å². The van der Waals surface area contributed by atoms with Gasteiger partial charge in [0.05, 0.1) is 38.7 Å². The number of urea groups is 1. The van der Waals surface area contributed by atoms with Gasteiger partial charge in [-0.15, -0.1) is 6.58 Å². The van der Waals surface area contributed by atoms with Gasteiger partial charge in [-0.2, -0.15) is 5.10 Å². The number of aliphatic hydroxyl groups excluding tert-OH is 1. The lowest BCUT2D eigenvalue weighted by molar-refractivity contribution is -0.136. The van der Waals surface area contributed by atoms with E-state index in [0.29, 0.717) is 52.8 Å². The summed E-state index contributed by atoms with van der Waals surface area (Å²) in [5, 5.41) is 20.0. The fourth-order valence-electron chi connectivity index (χ4n) is 4.94. The minimum atomic E-state index is -1.19. The zero-order valence-corrected chi connectivity index (χ0v) is 27.2. The highest BCUT2D eigenvalue weighted by molar-refractivity contribution is 5.95. The second-order valence-electron chi connectivity index (χ2n) is 10.5. The SMILES string of the molecule is C=CCc1cc(/C=N\N[C@@H](O)COc2ccc([C@@H]3NC(=O)NC(C)=C3C(=O)OC)cc2OCC)cc(OC)c1OCc1ccc(F)cc1. The number of carbonyl (C=O) groups excluding carboxylic acids is 2. The molecule has 4 rings (SSSR count). The lowest BCUT2D eigenvalue weighted by Gasteiger charge is -2.28. The lowest BCUT2D eigenvalue weighted by Crippen LogP contribution is -2.45. The van der Waals surface area contributed by atoms with Crippen LogP contribution in [0.25, 0.3) is 0 Å². The molecule has 254 valence electrons. The van der Waals surface area contributed by atoms with Crippen molar-refractivity contribution in [2.75, 3.05) is 27.4 Å². The second-order valence-corrected chi connectivity index (χ2v) is 10.5. The molecule has 0 bridgehead atoms. The van der Waals surface area contributed by atoms with Gasteiger partial charge < -0.3 is 39.4 Å². The van der Waals surface area contributed by atoms with Gasteiger partial charge in [0.15, 0.2) is 29.2 Å². The van der Waals surface area contributed by atoms with Crippen molar-refractivity contribution in [2.24, 2.45) is 5.10 Å². The molecule has 0 aliphatic carbocycles. The van der Waals surface area contributed by atoms with Gasteiger partial charge in [-0.1, -0.05) is 24.3 Å². The highest BCUT2D eigenvalue weighted by atomic mass is 19.1. The van der Waals surface area contributed by atoms with Crippen LogP contribution in [0.3, 0.4) is 0 Å². The smallest absolute Gasteiger partial charge is 0.337 e. The van der Waals surface area contributed by atoms with E-state index in [-0.39, 0.29) is 24.6 Å². The van der Waals surface area contributed by atoms with Crippen LogP contribution in [-0.2, 0) is 22.6 Å². The molecule has 3 aromatic carbocycles. The normalized spacial score (nSPS) is 14.9. The summed E-state index contributed by atoms with van der Waals surface area (Å²) in [6.45, 7) is 7.60. The first-order valence-electron chi connectivity index (χ1n) is 15.1. The zero-order valence-electron chi connectivity index (χ0n) is 27.2. The molecule has 3 aromatic rings. The Morgan fingerprint density at radius 3 is 2.54 bits per heavy atom. The molecule has 0 unspecified atom stereocenters. The summed E-state index contributed by atoms with van der Waals surface area (Å²) in [5.74, 6) is 0.787. The Morgan fingerprint density at radius 1 is 1.08 bits per heavy atom. The number of ether oxygens (including phenoxy) is 5. The van der Waals surface area contributed by atoms with Gasteiger partial charge in [0.1, 0.15) is 19.0 Å². The molecule has 48 heavy (non-hydrogen) atoms. The third kappa shape index (κ3) is 9.04. The van der Waals surface area contributed by atoms with Crippen LogP contribution >= 0.6 is 0 Å². The van der Waals surface area contributed by atoms with Crippen LogP contribution < -0.4 is 35.0 Å². The maximum atomic E-state index is 13.3. The summed E-state index contributed by atoms with van der Waals surface area (Å²) < 4.78 is 41.4. The molecule has 1 heterocycles. The predicted molar refractivity (Wildman–Crippen MR) is 177 cm³/mol. The van der Waals surface area contributed by atoms with E-state index in [1.54, 1.807) is 56.3 Å². The van der Waals surface area contributed by atoms with E-state index in [0.717, 1.165) is 11.1 Å². The first kappa shape index (κ1) is 35.3. The number of hydrazone groups is 1. The molecule has 0 saturated heterocycles. The van der Waals surface area contributed by atoms with Crippen LogP contribution in [0.1, 0.15) is 42.1 Å². The number of esters is 1. The number of amides is 2. The van der Waals surface area contributed by atoms with Crippen molar-refractivity contribution < 1.29 is 42.8 Å². The molecule has 4 N–H and O–H groups in total. The van der Waals surface area contributed by atoms with E-state index in [4.69, 9.17) is 23.7 Å². The highest BCUT2D eigenvalue weighted by Crippen LogP contribution is 2.36. The van der Waals surface area contributed by atoms with E-state index in [9.17, 15) is 19.1 Å². The molecule has 0 spiro atoms. The van der Waals surface area contributed by atoms with Gasteiger partial charge in [0.2, 0.25) is 0 Å². The van der Waals surface area contributed by atoms with Crippen LogP contribution in [0.2, 0.25) is 0 Å². The van der Waals surface area contributed by atoms with Crippen molar-refractivity contribution in [3.8, 4) is 23.0 Å². The number of allylic oxidation sites excluding steroid dienone is 2. The van der Waals surface area contributed by atoms with Gasteiger partial charge >= 0.3 is 12.0 Å². The Bertz CT molecular complexity index is 1680. The summed E-state index contributed by atoms with van der Waals surface area (Å²) in [6, 6.07) is 13.4. The maximum Gasteiger partial charge on any atom is 0.337 e. The minimum Gasteiger partial charge on any atom is -0.493 e. The number of nitrogens with zero attached hydrogens (tertiary/aromatic N) is 1. The topological polar surface area (TPSA) is 149 Å². The molecule has 1 aliphatic rings. The molecule has 2 atom stereocenters. The van der Waals surface area contributed by atoms with Crippen LogP contribution in [0, 0.1) is 5.82 Å². The quantitative estimate of drug-likeness (QED) is 0.0565. The monoisotopic (exact) mass is 662 g/mol. The molecule has 0 radical (unpaired) electrons. The van der Waals surface area contributed by atoms with Crippen LogP contribution in [-0.4, -0.2) is 57.0 Å². The van der Waals surface area contributed by atoms with Crippen molar-refractivity contribution in [3.63, 3.8) is 0 Å². The van der Waals surface area contributed by atoms with Gasteiger partial charge in [0.25, 0.3) is 0 Å². The third-order valence-electron chi connectivity index (χ3n) is 7.14. The summed E-state index contributed by atoms with van der Waals surface area (Å²) >= 11 is 0. The predicted octanol–water partition coefficient (Wildman–Crippen LogP) is 4.66. The fraction of sp³-hybridized carbons (Fsp3) is 0.286. The molecule has 0 aromatic heterocycles. The van der Waals surface area contributed by atoms with Crippen molar-refractivity contribution in [3.05, 3.63) is 107 Å². The number of carbonyl (C=O) groups is 2. The number of aliphatic hydroxyl groups is 1. The number of nitrogens with one attached hydrogen (secondary N) is 3. The number of rotatable bonds is 16. The first-order valence-corrected chi connectivity index (χ1v) is 15.1. The summed E-state index contributed by atoms with van der Waals surface area (Å²) in [5.41, 5.74) is 6.11. The van der Waals surface area contributed by atoms with Gasteiger partial charge in [-0.05, 0) is 73.4 Å². The number of halogens is 1. The molecular formula is C35H39FN4O8. The number of hydrogen-bond acceptors (Lipinski definition) is 10. The zero-order chi connectivity index (χ0) is 34.6. The van der Waals surface area contributed by atoms with E-state index >= 15 is 0 Å². The van der Waals surface area contributed by atoms with Crippen molar-refractivity contribution >= 4 is 18.2 Å². The maximum absolute atomic E-state index is 13.3. The minimum absolute atomic E-state index is 0.186. The van der Waals surface area contributed by atoms with E-state index < -0.39 is 24.3 Å². The van der Waals surface area contributed by atoms with Gasteiger partial charge in [-0.3, -0.25) is 5.43 Å². The third-order valence-corrected chi connectivity index (χ3v) is 7.14. The van der Waals surface area contributed by atoms with Crippen molar-refractivity contribution in [1.29, 1.82) is 0 Å². The molecule has 2 amide bonds. The Morgan fingerprint density at radius 2 is 1.85 bits per heavy atom. The second kappa shape index (κ2) is 16.8. The first-order chi connectivity index (χ1) is 23.2. The molecule has 12 nitrogen and oxygen atoms in total. The number of hydrogen-bond donors (Lipinski definition) is 4. The Kier molecular flexibility index (Phi) is 12.4. The van der Waals surface area contributed by atoms with Gasteiger partial charge in [0, 0.05) is 11.3 Å². The van der Waals surface area contributed by atoms with E-state index in [2.05, 4.69) is 27.7 Å². The molecule has 0 fully saturated rings. The van der Waals surface area contributed by atoms with Gasteiger partial charge in [-0.25, -0.2) is 14.0 Å². The summed E-state index contributed by atoms with van der Waals surface area (Å²) in [4.78, 5) is 24.7. The molecular weight excluding hydrogens is 623 g/mol. The Hall–Kier alpha value is -5.56. The fourth-order valence-corrected chi connectivity index (χ4v) is 4.94. The molecule has 1 aliphatic heterocycles. The molecule has 0 saturated carbocycles. The highest BCUT2D eigenvalue weighted by Gasteiger charge is 2.32. The van der Waals surface area contributed by atoms with E-state index in [1.165, 1.54) is 32.6 Å². The van der Waals surface area contributed by atoms with Crippen molar-refractivity contribution in [1.82, 2.24) is 16.1 Å².